The van der Waals surface area contributed by atoms with Gasteiger partial charge in [0.15, 0.2) is 0 Å². The van der Waals surface area contributed by atoms with Crippen molar-refractivity contribution in [1.82, 2.24) is 5.32 Å². The molecule has 154 valence electrons. The van der Waals surface area contributed by atoms with Gasteiger partial charge in [0, 0.05) is 17.7 Å². The largest absolute Gasteiger partial charge is 0.573 e. The van der Waals surface area contributed by atoms with E-state index in [4.69, 9.17) is 0 Å². The third-order valence-corrected chi connectivity index (χ3v) is 3.41. The number of amides is 3. The monoisotopic (exact) mass is 407 g/mol. The van der Waals surface area contributed by atoms with Crippen molar-refractivity contribution in [3.8, 4) is 5.75 Å². The number of hydrogen-bond acceptors (Lipinski definition) is 3. The number of carbonyl (C=O) groups is 2. The zero-order valence-corrected chi connectivity index (χ0v) is 15.7. The molecule has 2 aromatic rings. The zero-order valence-electron chi connectivity index (χ0n) is 15.7. The minimum absolute atomic E-state index is 0.0707. The van der Waals surface area contributed by atoms with Crippen LogP contribution in [-0.2, 0) is 4.79 Å². The van der Waals surface area contributed by atoms with E-state index >= 15 is 0 Å². The van der Waals surface area contributed by atoms with Crippen molar-refractivity contribution in [1.29, 1.82) is 0 Å². The van der Waals surface area contributed by atoms with Gasteiger partial charge in [-0.05, 0) is 38.1 Å². The van der Waals surface area contributed by atoms with Crippen LogP contribution in [0.3, 0.4) is 0 Å². The molecule has 0 saturated heterocycles. The zero-order chi connectivity index (χ0) is 21.4. The quantitative estimate of drug-likeness (QED) is 0.604. The second-order valence-electron chi connectivity index (χ2n) is 6.21. The molecular weight excluding hydrogens is 387 g/mol. The van der Waals surface area contributed by atoms with E-state index in [1.165, 1.54) is 24.3 Å². The molecule has 0 bridgehead atoms. The Balaban J connectivity index is 2.10. The molecule has 0 heterocycles. The van der Waals surface area contributed by atoms with Crippen LogP contribution in [0.2, 0.25) is 0 Å². The molecule has 3 N–H and O–H groups in total. The molecule has 0 radical (unpaired) electrons. The second-order valence-corrected chi connectivity index (χ2v) is 6.21. The standard InChI is InChI=1S/C20H20F3N3O3/c1-13(2)24-19(28)26-16-9-5-4-8-15(16)25-18(27)12-11-14-7-3-6-10-17(14)29-20(21,22)23/h3-13H,1-2H3,(H,25,27)(H2,24,26,28). The van der Waals surface area contributed by atoms with Crippen molar-refractivity contribution >= 4 is 29.4 Å². The Morgan fingerprint density at radius 2 is 1.55 bits per heavy atom. The van der Waals surface area contributed by atoms with Crippen LogP contribution in [0, 0.1) is 0 Å². The third kappa shape index (κ3) is 7.57. The first kappa shape index (κ1) is 21.8. The number of urea groups is 1. The molecule has 0 aliphatic heterocycles. The van der Waals surface area contributed by atoms with Gasteiger partial charge in [0.25, 0.3) is 0 Å². The van der Waals surface area contributed by atoms with Gasteiger partial charge in [-0.2, -0.15) is 0 Å². The van der Waals surface area contributed by atoms with Crippen LogP contribution in [0.25, 0.3) is 6.08 Å². The molecule has 2 rings (SSSR count). The summed E-state index contributed by atoms with van der Waals surface area (Å²) in [5, 5.41) is 7.86. The van der Waals surface area contributed by atoms with E-state index in [1.807, 2.05) is 0 Å². The summed E-state index contributed by atoms with van der Waals surface area (Å²) >= 11 is 0. The molecule has 0 saturated carbocycles. The summed E-state index contributed by atoms with van der Waals surface area (Å²) in [5.74, 6) is -1.01. The van der Waals surface area contributed by atoms with Gasteiger partial charge in [-0.3, -0.25) is 4.79 Å². The smallest absolute Gasteiger partial charge is 0.405 e. The molecule has 9 heteroatoms. The van der Waals surface area contributed by atoms with Crippen LogP contribution >= 0.6 is 0 Å². The van der Waals surface area contributed by atoms with E-state index < -0.39 is 24.1 Å². The average molecular weight is 407 g/mol. The molecule has 0 aliphatic rings. The maximum absolute atomic E-state index is 12.5. The van der Waals surface area contributed by atoms with Crippen molar-refractivity contribution in [3.63, 3.8) is 0 Å². The summed E-state index contributed by atoms with van der Waals surface area (Å²) in [5.41, 5.74) is 0.789. The first-order valence-corrected chi connectivity index (χ1v) is 8.64. The molecule has 2 aromatic carbocycles. The maximum atomic E-state index is 12.5. The van der Waals surface area contributed by atoms with Crippen molar-refractivity contribution in [2.75, 3.05) is 10.6 Å². The molecule has 0 unspecified atom stereocenters. The summed E-state index contributed by atoms with van der Waals surface area (Å²) in [6, 6.07) is 11.5. The second kappa shape index (κ2) is 9.63. The number of halogens is 3. The number of rotatable bonds is 6. The van der Waals surface area contributed by atoms with Crippen LogP contribution in [0.15, 0.2) is 54.6 Å². The Labute approximate surface area is 165 Å². The lowest BCUT2D eigenvalue weighted by Gasteiger charge is -2.13. The lowest BCUT2D eigenvalue weighted by atomic mass is 10.2. The van der Waals surface area contributed by atoms with Crippen LogP contribution in [0.1, 0.15) is 19.4 Å². The van der Waals surface area contributed by atoms with Crippen LogP contribution in [-0.4, -0.2) is 24.3 Å². The fourth-order valence-corrected chi connectivity index (χ4v) is 2.30. The lowest BCUT2D eigenvalue weighted by Crippen LogP contribution is -2.34. The SMILES string of the molecule is CC(C)NC(=O)Nc1ccccc1NC(=O)C=Cc1ccccc1OC(F)(F)F. The number of alkyl halides is 3. The van der Waals surface area contributed by atoms with Crippen LogP contribution in [0.4, 0.5) is 29.3 Å². The van der Waals surface area contributed by atoms with Crippen LogP contribution < -0.4 is 20.7 Å². The Hall–Kier alpha value is -3.49. The van der Waals surface area contributed by atoms with Crippen LogP contribution in [0.5, 0.6) is 5.75 Å². The highest BCUT2D eigenvalue weighted by Gasteiger charge is 2.31. The molecular formula is C20H20F3N3O3. The first-order valence-electron chi connectivity index (χ1n) is 8.64. The van der Waals surface area contributed by atoms with E-state index in [1.54, 1.807) is 38.1 Å². The molecule has 0 spiro atoms. The van der Waals surface area contributed by atoms with Gasteiger partial charge in [-0.15, -0.1) is 13.2 Å². The number of benzene rings is 2. The molecule has 0 aromatic heterocycles. The molecule has 29 heavy (non-hydrogen) atoms. The highest BCUT2D eigenvalue weighted by molar-refractivity contribution is 6.05. The van der Waals surface area contributed by atoms with Gasteiger partial charge in [0.05, 0.1) is 11.4 Å². The van der Waals surface area contributed by atoms with Gasteiger partial charge < -0.3 is 20.7 Å². The summed E-state index contributed by atoms with van der Waals surface area (Å²) in [6.07, 6.45) is -2.56. The normalized spacial score (nSPS) is 11.4. The maximum Gasteiger partial charge on any atom is 0.573 e. The summed E-state index contributed by atoms with van der Waals surface area (Å²) in [7, 11) is 0. The summed E-state index contributed by atoms with van der Waals surface area (Å²) in [6.45, 7) is 3.61. The highest BCUT2D eigenvalue weighted by Crippen LogP contribution is 2.27. The number of carbonyl (C=O) groups excluding carboxylic acids is 2. The van der Waals surface area contributed by atoms with Gasteiger partial charge in [-0.1, -0.05) is 30.3 Å². The predicted molar refractivity (Wildman–Crippen MR) is 105 cm³/mol. The molecule has 0 aliphatic carbocycles. The Morgan fingerprint density at radius 1 is 0.966 bits per heavy atom. The highest BCUT2D eigenvalue weighted by atomic mass is 19.4. The predicted octanol–water partition coefficient (Wildman–Crippen LogP) is 4.77. The van der Waals surface area contributed by atoms with Gasteiger partial charge >= 0.3 is 12.4 Å². The third-order valence-electron chi connectivity index (χ3n) is 3.41. The van der Waals surface area contributed by atoms with Gasteiger partial charge in [0.2, 0.25) is 5.91 Å². The molecule has 3 amide bonds. The van der Waals surface area contributed by atoms with Crippen molar-refractivity contribution in [2.45, 2.75) is 26.3 Å². The van der Waals surface area contributed by atoms with Crippen molar-refractivity contribution in [2.24, 2.45) is 0 Å². The fourth-order valence-electron chi connectivity index (χ4n) is 2.30. The lowest BCUT2D eigenvalue weighted by molar-refractivity contribution is -0.274. The fraction of sp³-hybridized carbons (Fsp3) is 0.200. The van der Waals surface area contributed by atoms with Gasteiger partial charge in [-0.25, -0.2) is 4.79 Å². The number of hydrogen-bond donors (Lipinski definition) is 3. The Bertz CT molecular complexity index is 896. The van der Waals surface area contributed by atoms with Crippen molar-refractivity contribution < 1.29 is 27.5 Å². The number of para-hydroxylation sites is 3. The Morgan fingerprint density at radius 3 is 2.17 bits per heavy atom. The Kier molecular flexibility index (Phi) is 7.24. The van der Waals surface area contributed by atoms with E-state index in [-0.39, 0.29) is 11.6 Å². The van der Waals surface area contributed by atoms with E-state index in [0.29, 0.717) is 11.4 Å². The number of ether oxygens (including phenoxy) is 1. The average Bonchev–Trinajstić information content (AvgIpc) is 2.60. The number of anilines is 2. The minimum atomic E-state index is -4.84. The van der Waals surface area contributed by atoms with E-state index in [2.05, 4.69) is 20.7 Å². The topological polar surface area (TPSA) is 79.5 Å². The summed E-state index contributed by atoms with van der Waals surface area (Å²) < 4.78 is 41.4. The van der Waals surface area contributed by atoms with E-state index in [9.17, 15) is 22.8 Å². The minimum Gasteiger partial charge on any atom is -0.405 e. The number of nitrogens with one attached hydrogen (secondary N) is 3. The van der Waals surface area contributed by atoms with E-state index in [0.717, 1.165) is 12.1 Å². The molecule has 0 atom stereocenters. The first-order chi connectivity index (χ1) is 13.6. The van der Waals surface area contributed by atoms with Gasteiger partial charge in [0.1, 0.15) is 5.75 Å². The van der Waals surface area contributed by atoms with Crippen molar-refractivity contribution in [3.05, 3.63) is 60.2 Å². The molecule has 0 fully saturated rings. The summed E-state index contributed by atoms with van der Waals surface area (Å²) in [4.78, 5) is 24.1. The molecule has 6 nitrogen and oxygen atoms in total.